The Morgan fingerprint density at radius 1 is 1.08 bits per heavy atom. The molecule has 5 nitrogen and oxygen atoms in total. The van der Waals surface area contributed by atoms with Crippen molar-refractivity contribution in [3.05, 3.63) is 28.8 Å². The van der Waals surface area contributed by atoms with E-state index in [1.54, 1.807) is 0 Å². The van der Waals surface area contributed by atoms with Crippen LogP contribution in [0.25, 0.3) is 0 Å². The molecule has 0 atom stereocenters. The van der Waals surface area contributed by atoms with E-state index in [0.717, 1.165) is 54.5 Å². The van der Waals surface area contributed by atoms with Crippen LogP contribution in [0.15, 0.2) is 12.1 Å². The highest BCUT2D eigenvalue weighted by atomic mass is 16.2. The summed E-state index contributed by atoms with van der Waals surface area (Å²) in [4.78, 5) is 38.8. The van der Waals surface area contributed by atoms with Crippen molar-refractivity contribution in [2.75, 3.05) is 11.9 Å². The number of imide groups is 1. The fraction of sp³-hybridized carbons (Fsp3) is 0.550. The highest BCUT2D eigenvalue weighted by Crippen LogP contribution is 2.45. The molecule has 1 saturated carbocycles. The summed E-state index contributed by atoms with van der Waals surface area (Å²) in [7, 11) is 0. The van der Waals surface area contributed by atoms with Gasteiger partial charge in [0, 0.05) is 12.1 Å². The number of aryl methyl sites for hydroxylation is 3. The molecule has 1 saturated heterocycles. The molecule has 134 valence electrons. The Kier molecular flexibility index (Phi) is 4.67. The van der Waals surface area contributed by atoms with Crippen molar-refractivity contribution < 1.29 is 14.4 Å². The molecule has 0 unspecified atom stereocenters. The van der Waals surface area contributed by atoms with E-state index in [0.29, 0.717) is 0 Å². The lowest BCUT2D eigenvalue weighted by atomic mass is 9.73. The van der Waals surface area contributed by atoms with Gasteiger partial charge >= 0.3 is 0 Å². The highest BCUT2D eigenvalue weighted by molar-refractivity contribution is 6.09. The molecule has 25 heavy (non-hydrogen) atoms. The van der Waals surface area contributed by atoms with Crippen LogP contribution in [0.4, 0.5) is 5.69 Å². The number of rotatable bonds is 3. The molecule has 2 fully saturated rings. The van der Waals surface area contributed by atoms with Crippen molar-refractivity contribution >= 4 is 23.4 Å². The largest absolute Gasteiger partial charge is 0.324 e. The Bertz CT molecular complexity index is 709. The molecule has 1 aromatic rings. The zero-order valence-corrected chi connectivity index (χ0v) is 15.3. The van der Waals surface area contributed by atoms with E-state index in [1.807, 2.05) is 32.9 Å². The monoisotopic (exact) mass is 342 g/mol. The molecule has 1 N–H and O–H groups in total. The van der Waals surface area contributed by atoms with Crippen LogP contribution in [0.1, 0.15) is 55.2 Å². The molecule has 0 aromatic heterocycles. The third-order valence-corrected chi connectivity index (χ3v) is 5.54. The van der Waals surface area contributed by atoms with Crippen molar-refractivity contribution in [2.45, 2.75) is 59.3 Å². The first-order valence-corrected chi connectivity index (χ1v) is 9.05. The van der Waals surface area contributed by atoms with Gasteiger partial charge in [-0.2, -0.15) is 0 Å². The number of nitrogens with one attached hydrogen (secondary N) is 1. The number of nitrogens with zero attached hydrogens (tertiary/aromatic N) is 1. The summed E-state index contributed by atoms with van der Waals surface area (Å²) in [5.41, 5.74) is 3.33. The fourth-order valence-electron chi connectivity index (χ4n) is 4.34. The van der Waals surface area contributed by atoms with Crippen molar-refractivity contribution in [1.82, 2.24) is 4.90 Å². The number of amides is 3. The first-order chi connectivity index (χ1) is 11.8. The summed E-state index contributed by atoms with van der Waals surface area (Å²) in [6.45, 7) is 5.71. The SMILES string of the molecule is Cc1cc(C)c(NC(=O)CN2C(=O)CC3(CCCCC3)C2=O)c(C)c1. The Hall–Kier alpha value is -2.17. The van der Waals surface area contributed by atoms with Gasteiger partial charge in [-0.05, 0) is 44.7 Å². The van der Waals surface area contributed by atoms with Gasteiger partial charge in [0.1, 0.15) is 6.54 Å². The number of benzene rings is 1. The van der Waals surface area contributed by atoms with Crippen LogP contribution in [0, 0.1) is 26.2 Å². The van der Waals surface area contributed by atoms with Gasteiger partial charge in [0.25, 0.3) is 0 Å². The molecule has 1 aliphatic carbocycles. The Morgan fingerprint density at radius 2 is 1.68 bits per heavy atom. The van der Waals surface area contributed by atoms with Gasteiger partial charge in [0.15, 0.2) is 0 Å². The number of likely N-dealkylation sites (tertiary alicyclic amines) is 1. The summed E-state index contributed by atoms with van der Waals surface area (Å²) in [5.74, 6) is -0.672. The minimum Gasteiger partial charge on any atom is -0.324 e. The molecule has 1 aliphatic heterocycles. The fourth-order valence-corrected chi connectivity index (χ4v) is 4.34. The lowest BCUT2D eigenvalue weighted by Crippen LogP contribution is -2.41. The van der Waals surface area contributed by atoms with Gasteiger partial charge in [-0.3, -0.25) is 19.3 Å². The van der Waals surface area contributed by atoms with Crippen LogP contribution in [0.3, 0.4) is 0 Å². The second-order valence-corrected chi connectivity index (χ2v) is 7.62. The van der Waals surface area contributed by atoms with E-state index < -0.39 is 5.41 Å². The normalized spacial score (nSPS) is 19.6. The predicted octanol–water partition coefficient (Wildman–Crippen LogP) is 3.26. The maximum Gasteiger partial charge on any atom is 0.244 e. The van der Waals surface area contributed by atoms with E-state index >= 15 is 0 Å². The molecule has 3 amide bonds. The summed E-state index contributed by atoms with van der Waals surface area (Å²) >= 11 is 0. The van der Waals surface area contributed by atoms with Crippen molar-refractivity contribution in [2.24, 2.45) is 5.41 Å². The van der Waals surface area contributed by atoms with Gasteiger partial charge in [0.2, 0.25) is 17.7 Å². The van der Waals surface area contributed by atoms with Crippen molar-refractivity contribution in [1.29, 1.82) is 0 Å². The van der Waals surface area contributed by atoms with E-state index in [-0.39, 0.29) is 30.7 Å². The van der Waals surface area contributed by atoms with Crippen molar-refractivity contribution in [3.63, 3.8) is 0 Å². The molecule has 0 radical (unpaired) electrons. The molecule has 3 rings (SSSR count). The van der Waals surface area contributed by atoms with E-state index in [2.05, 4.69) is 5.32 Å². The number of carbonyl (C=O) groups is 3. The molecule has 1 aromatic carbocycles. The van der Waals surface area contributed by atoms with E-state index in [1.165, 1.54) is 4.90 Å². The number of anilines is 1. The summed E-state index contributed by atoms with van der Waals surface area (Å²) in [6.07, 6.45) is 4.90. The lowest BCUT2D eigenvalue weighted by Gasteiger charge is -2.30. The average Bonchev–Trinajstić information content (AvgIpc) is 2.76. The number of hydrogen-bond acceptors (Lipinski definition) is 3. The summed E-state index contributed by atoms with van der Waals surface area (Å²) in [6, 6.07) is 4.01. The van der Waals surface area contributed by atoms with Gasteiger partial charge in [-0.1, -0.05) is 37.0 Å². The first kappa shape index (κ1) is 17.6. The molecule has 1 spiro atoms. The zero-order chi connectivity index (χ0) is 18.2. The lowest BCUT2D eigenvalue weighted by molar-refractivity contribution is -0.144. The van der Waals surface area contributed by atoms with Crippen LogP contribution in [0.2, 0.25) is 0 Å². The topological polar surface area (TPSA) is 66.5 Å². The third kappa shape index (κ3) is 3.32. The predicted molar refractivity (Wildman–Crippen MR) is 96.1 cm³/mol. The van der Waals surface area contributed by atoms with Crippen LogP contribution in [-0.2, 0) is 14.4 Å². The molecule has 5 heteroatoms. The molecule has 0 bridgehead atoms. The smallest absolute Gasteiger partial charge is 0.244 e. The number of carbonyl (C=O) groups excluding carboxylic acids is 3. The van der Waals surface area contributed by atoms with Gasteiger partial charge in [0.05, 0.1) is 5.41 Å². The minimum absolute atomic E-state index is 0.148. The van der Waals surface area contributed by atoms with Crippen LogP contribution in [0.5, 0.6) is 0 Å². The van der Waals surface area contributed by atoms with Gasteiger partial charge < -0.3 is 5.32 Å². The second-order valence-electron chi connectivity index (χ2n) is 7.62. The van der Waals surface area contributed by atoms with E-state index in [9.17, 15) is 14.4 Å². The molecule has 1 heterocycles. The second kappa shape index (κ2) is 6.62. The van der Waals surface area contributed by atoms with Crippen LogP contribution >= 0.6 is 0 Å². The molecule has 2 aliphatic rings. The Balaban J connectivity index is 1.71. The zero-order valence-electron chi connectivity index (χ0n) is 15.3. The standard InChI is InChI=1S/C20H26N2O3/c1-13-9-14(2)18(15(3)10-13)21-16(23)12-22-17(24)11-20(19(22)25)7-5-4-6-8-20/h9-10H,4-8,11-12H2,1-3H3,(H,21,23). The average molecular weight is 342 g/mol. The maximum absolute atomic E-state index is 12.8. The van der Waals surface area contributed by atoms with Gasteiger partial charge in [-0.25, -0.2) is 0 Å². The summed E-state index contributed by atoms with van der Waals surface area (Å²) < 4.78 is 0. The van der Waals surface area contributed by atoms with Gasteiger partial charge in [-0.15, -0.1) is 0 Å². The third-order valence-electron chi connectivity index (χ3n) is 5.54. The number of hydrogen-bond donors (Lipinski definition) is 1. The van der Waals surface area contributed by atoms with Crippen LogP contribution < -0.4 is 5.32 Å². The highest BCUT2D eigenvalue weighted by Gasteiger charge is 2.51. The molecular weight excluding hydrogens is 316 g/mol. The first-order valence-electron chi connectivity index (χ1n) is 9.05. The van der Waals surface area contributed by atoms with Crippen molar-refractivity contribution in [3.8, 4) is 0 Å². The Morgan fingerprint density at radius 3 is 2.28 bits per heavy atom. The maximum atomic E-state index is 12.8. The Labute approximate surface area is 148 Å². The van der Waals surface area contributed by atoms with Crippen LogP contribution in [-0.4, -0.2) is 29.2 Å². The van der Waals surface area contributed by atoms with E-state index in [4.69, 9.17) is 0 Å². The molecular formula is C20H26N2O3. The minimum atomic E-state index is -0.536. The summed E-state index contributed by atoms with van der Waals surface area (Å²) in [5, 5.41) is 2.88. The quantitative estimate of drug-likeness (QED) is 0.858.